The second kappa shape index (κ2) is 7.93. The third-order valence-electron chi connectivity index (χ3n) is 6.86. The van der Waals surface area contributed by atoms with Gasteiger partial charge in [-0.3, -0.25) is 4.68 Å². The molecule has 4 aromatic heterocycles. The summed E-state index contributed by atoms with van der Waals surface area (Å²) in [4.78, 5) is 26.8. The van der Waals surface area contributed by atoms with Gasteiger partial charge in [0.25, 0.3) is 0 Å². The van der Waals surface area contributed by atoms with Crippen LogP contribution in [0.25, 0.3) is 5.65 Å². The van der Waals surface area contributed by atoms with Crippen molar-refractivity contribution in [3.63, 3.8) is 0 Å². The van der Waals surface area contributed by atoms with E-state index in [0.717, 1.165) is 44.0 Å². The summed E-state index contributed by atoms with van der Waals surface area (Å²) in [5, 5.41) is 16.5. The molecule has 6 rings (SSSR count). The smallest absolute Gasteiger partial charge is 0.347 e. The minimum absolute atomic E-state index is 0.0145. The molecule has 0 aliphatic carbocycles. The van der Waals surface area contributed by atoms with Gasteiger partial charge in [-0.05, 0) is 29.9 Å². The molecule has 2 aliphatic heterocycles. The molecule has 13 heteroatoms. The number of fused-ring (bicyclic) bond motifs is 2. The Labute approximate surface area is 203 Å². The highest BCUT2D eigenvalue weighted by Crippen LogP contribution is 2.47. The third kappa shape index (κ3) is 3.32. The predicted octanol–water partition coefficient (Wildman–Crippen LogP) is 3.33. The number of pyridine rings is 1. The lowest BCUT2D eigenvalue weighted by Crippen LogP contribution is -2.45. The number of piperidine rings is 1. The quantitative estimate of drug-likeness (QED) is 0.332. The molecule has 6 heterocycles. The van der Waals surface area contributed by atoms with E-state index in [2.05, 4.69) is 25.0 Å². The third-order valence-corrected chi connectivity index (χ3v) is 8.32. The summed E-state index contributed by atoms with van der Waals surface area (Å²) in [5.41, 5.74) is 8.09. The SMILES string of the molecule is N[C@@H]1c2ccnn2CC12CCN(c1cnc(Sc3ccn4c([N+](=O)[O-])cnc4c3Cl)cn1)CC2. The van der Waals surface area contributed by atoms with Crippen LogP contribution in [-0.4, -0.2) is 47.1 Å². The molecule has 0 amide bonds. The number of imidazole rings is 1. The first-order valence-electron chi connectivity index (χ1n) is 10.8. The Morgan fingerprint density at radius 2 is 2.00 bits per heavy atom. The number of nitrogens with zero attached hydrogens (tertiary/aromatic N) is 8. The van der Waals surface area contributed by atoms with E-state index in [0.29, 0.717) is 20.6 Å². The van der Waals surface area contributed by atoms with Gasteiger partial charge in [-0.15, -0.1) is 0 Å². The molecule has 1 saturated heterocycles. The molecule has 34 heavy (non-hydrogen) atoms. The van der Waals surface area contributed by atoms with Crippen LogP contribution in [-0.2, 0) is 6.54 Å². The van der Waals surface area contributed by atoms with E-state index in [1.807, 2.05) is 16.9 Å². The van der Waals surface area contributed by atoms with E-state index in [-0.39, 0.29) is 17.3 Å². The molecule has 1 atom stereocenters. The Kier molecular flexibility index (Phi) is 4.97. The minimum atomic E-state index is -0.495. The molecule has 0 saturated carbocycles. The second-order valence-corrected chi connectivity index (χ2v) is 10.1. The molecule has 0 unspecified atom stereocenters. The van der Waals surface area contributed by atoms with Crippen LogP contribution in [0.15, 0.2) is 53.0 Å². The summed E-state index contributed by atoms with van der Waals surface area (Å²) in [6.45, 7) is 2.60. The molecule has 1 spiro atoms. The lowest BCUT2D eigenvalue weighted by Gasteiger charge is -2.41. The molecule has 2 aliphatic rings. The standard InChI is InChI=1S/C21H20ClN9O2S/c22-18-14(2-6-29-17(31(32)33)11-26-20(18)29)34-16-10-24-15(9-25-16)28-7-3-21(4-8-28)12-30-13(19(21)23)1-5-27-30/h1-2,5-6,9-11,19H,3-4,7-8,12,23H2/t19-/m1/s1. The van der Waals surface area contributed by atoms with E-state index in [1.54, 1.807) is 24.7 Å². The fourth-order valence-electron chi connectivity index (χ4n) is 4.94. The molecule has 174 valence electrons. The van der Waals surface area contributed by atoms with Crippen molar-refractivity contribution in [2.24, 2.45) is 11.1 Å². The van der Waals surface area contributed by atoms with Gasteiger partial charge in [0.2, 0.25) is 5.65 Å². The normalized spacial score (nSPS) is 19.1. The number of halogens is 1. The Balaban J connectivity index is 1.14. The number of aromatic nitrogens is 6. The van der Waals surface area contributed by atoms with E-state index in [4.69, 9.17) is 17.3 Å². The largest absolute Gasteiger partial charge is 0.358 e. The van der Waals surface area contributed by atoms with E-state index in [9.17, 15) is 10.1 Å². The summed E-state index contributed by atoms with van der Waals surface area (Å²) in [5.74, 6) is 0.693. The minimum Gasteiger partial charge on any atom is -0.358 e. The molecule has 1 fully saturated rings. The first-order chi connectivity index (χ1) is 16.4. The Hall–Kier alpha value is -3.22. The highest BCUT2D eigenvalue weighted by Gasteiger charge is 2.47. The average molecular weight is 498 g/mol. The van der Waals surface area contributed by atoms with Gasteiger partial charge in [0, 0.05) is 36.1 Å². The van der Waals surface area contributed by atoms with Crippen molar-refractivity contribution in [1.29, 1.82) is 0 Å². The van der Waals surface area contributed by atoms with Gasteiger partial charge in [-0.25, -0.2) is 15.0 Å². The molecular weight excluding hydrogens is 478 g/mol. The number of anilines is 1. The maximum absolute atomic E-state index is 11.1. The Morgan fingerprint density at radius 1 is 1.18 bits per heavy atom. The zero-order valence-electron chi connectivity index (χ0n) is 17.9. The van der Waals surface area contributed by atoms with Crippen molar-refractivity contribution in [3.05, 3.63) is 63.9 Å². The number of rotatable bonds is 4. The number of nitro groups is 1. The monoisotopic (exact) mass is 497 g/mol. The fraction of sp³-hybridized carbons (Fsp3) is 0.333. The number of nitrogens with two attached hydrogens (primary N) is 1. The van der Waals surface area contributed by atoms with Gasteiger partial charge in [0.15, 0.2) is 0 Å². The second-order valence-electron chi connectivity index (χ2n) is 8.62. The molecule has 0 bridgehead atoms. The van der Waals surface area contributed by atoms with Crippen molar-refractivity contribution in [2.45, 2.75) is 35.3 Å². The van der Waals surface area contributed by atoms with Crippen LogP contribution in [0.4, 0.5) is 11.6 Å². The lowest BCUT2D eigenvalue weighted by atomic mass is 9.73. The van der Waals surface area contributed by atoms with Crippen molar-refractivity contribution < 1.29 is 4.92 Å². The van der Waals surface area contributed by atoms with Crippen LogP contribution in [0.3, 0.4) is 0 Å². The summed E-state index contributed by atoms with van der Waals surface area (Å²) in [6, 6.07) is 3.75. The molecule has 0 radical (unpaired) electrons. The number of hydrogen-bond donors (Lipinski definition) is 1. The summed E-state index contributed by atoms with van der Waals surface area (Å²) >= 11 is 7.80. The lowest BCUT2D eigenvalue weighted by molar-refractivity contribution is -0.390. The van der Waals surface area contributed by atoms with Crippen molar-refractivity contribution in [2.75, 3.05) is 18.0 Å². The van der Waals surface area contributed by atoms with Crippen LogP contribution in [0, 0.1) is 15.5 Å². The van der Waals surface area contributed by atoms with Gasteiger partial charge in [-0.2, -0.15) is 9.50 Å². The van der Waals surface area contributed by atoms with Crippen LogP contribution in [0.5, 0.6) is 0 Å². The average Bonchev–Trinajstić information content (AvgIpc) is 3.54. The maximum Gasteiger partial charge on any atom is 0.347 e. The first-order valence-corrected chi connectivity index (χ1v) is 12.0. The summed E-state index contributed by atoms with van der Waals surface area (Å²) in [7, 11) is 0. The first kappa shape index (κ1) is 21.3. The molecule has 11 nitrogen and oxygen atoms in total. The highest BCUT2D eigenvalue weighted by atomic mass is 35.5. The van der Waals surface area contributed by atoms with Crippen molar-refractivity contribution in [1.82, 2.24) is 29.1 Å². The van der Waals surface area contributed by atoms with Crippen LogP contribution < -0.4 is 10.6 Å². The fourth-order valence-corrected chi connectivity index (χ4v) is 6.00. The van der Waals surface area contributed by atoms with Gasteiger partial charge >= 0.3 is 5.82 Å². The van der Waals surface area contributed by atoms with Crippen LogP contribution in [0.1, 0.15) is 24.6 Å². The zero-order chi connectivity index (χ0) is 23.4. The maximum atomic E-state index is 11.1. The zero-order valence-corrected chi connectivity index (χ0v) is 19.5. The van der Waals surface area contributed by atoms with Crippen molar-refractivity contribution >= 4 is 40.6 Å². The summed E-state index contributed by atoms with van der Waals surface area (Å²) < 4.78 is 3.39. The van der Waals surface area contributed by atoms with Gasteiger partial charge < -0.3 is 20.7 Å². The molecule has 2 N–H and O–H groups in total. The highest BCUT2D eigenvalue weighted by molar-refractivity contribution is 7.99. The molecular formula is C21H20ClN9O2S. The Bertz CT molecular complexity index is 1400. The Morgan fingerprint density at radius 3 is 2.71 bits per heavy atom. The van der Waals surface area contributed by atoms with E-state index in [1.165, 1.54) is 22.4 Å². The van der Waals surface area contributed by atoms with Crippen LogP contribution in [0.2, 0.25) is 5.02 Å². The van der Waals surface area contributed by atoms with E-state index >= 15 is 0 Å². The van der Waals surface area contributed by atoms with E-state index < -0.39 is 4.92 Å². The topological polar surface area (TPSA) is 133 Å². The summed E-state index contributed by atoms with van der Waals surface area (Å²) in [6.07, 6.45) is 10.0. The number of hydrogen-bond acceptors (Lipinski definition) is 9. The predicted molar refractivity (Wildman–Crippen MR) is 126 cm³/mol. The van der Waals surface area contributed by atoms with Gasteiger partial charge in [0.1, 0.15) is 22.1 Å². The van der Waals surface area contributed by atoms with Crippen molar-refractivity contribution in [3.8, 4) is 0 Å². The van der Waals surface area contributed by atoms with Gasteiger partial charge in [-0.1, -0.05) is 23.4 Å². The molecule has 4 aromatic rings. The van der Waals surface area contributed by atoms with Gasteiger partial charge in [0.05, 0.1) is 30.3 Å². The van der Waals surface area contributed by atoms with Crippen LogP contribution >= 0.6 is 23.4 Å². The molecule has 0 aromatic carbocycles.